The first-order valence-corrected chi connectivity index (χ1v) is 15.6. The number of aromatic nitrogens is 4. The predicted molar refractivity (Wildman–Crippen MR) is 176 cm³/mol. The summed E-state index contributed by atoms with van der Waals surface area (Å²) in [4.78, 5) is 23.8. The van der Waals surface area contributed by atoms with Gasteiger partial charge >= 0.3 is 11.5 Å². The van der Waals surface area contributed by atoms with Gasteiger partial charge in [-0.2, -0.15) is 0 Å². The minimum atomic E-state index is -0.795. The molecule has 6 aromatic rings. The van der Waals surface area contributed by atoms with Gasteiger partial charge < -0.3 is 0 Å². The van der Waals surface area contributed by atoms with Crippen LogP contribution in [-0.2, 0) is 25.9 Å². The van der Waals surface area contributed by atoms with E-state index in [1.807, 2.05) is 0 Å². The number of hydrogen-bond donors (Lipinski definition) is 0. The van der Waals surface area contributed by atoms with Gasteiger partial charge in [-0.3, -0.25) is 18.2 Å². The van der Waals surface area contributed by atoms with Crippen molar-refractivity contribution in [2.75, 3.05) is 0 Å². The molecule has 0 saturated heterocycles. The van der Waals surface area contributed by atoms with Gasteiger partial charge in [0.15, 0.2) is 11.6 Å². The van der Waals surface area contributed by atoms with Gasteiger partial charge in [0.05, 0.1) is 13.1 Å². The van der Waals surface area contributed by atoms with Gasteiger partial charge in [0.25, 0.3) is 0 Å². The van der Waals surface area contributed by atoms with Gasteiger partial charge in [-0.25, -0.2) is 22.8 Å². The maximum Gasteiger partial charge on any atom is 0.441 e. The van der Waals surface area contributed by atoms with Crippen LogP contribution in [0.15, 0.2) is 91.4 Å². The van der Waals surface area contributed by atoms with Crippen molar-refractivity contribution < 1.29 is 22.2 Å². The third kappa shape index (κ3) is 8.16. The molecule has 48 heavy (non-hydrogen) atoms. The van der Waals surface area contributed by atoms with E-state index in [0.29, 0.717) is 21.4 Å². The minimum absolute atomic E-state index is 0.0800. The SMILES string of the molecule is O=c1onc(Cc2c(F)cccc2Cl)n1Cc1c(F)cccc1Cl.O=c1onc(Cc2ccc(Cl)cc2Cl)n1Cc1c(F)cccc1Cl. The van der Waals surface area contributed by atoms with Crippen LogP contribution in [0.3, 0.4) is 0 Å². The molecule has 0 fully saturated rings. The molecule has 0 spiro atoms. The molecule has 0 N–H and O–H groups in total. The number of hydrogen-bond acceptors (Lipinski definition) is 6. The van der Waals surface area contributed by atoms with E-state index in [0.717, 1.165) is 4.57 Å². The van der Waals surface area contributed by atoms with Crippen molar-refractivity contribution in [1.29, 1.82) is 0 Å². The fraction of sp³-hybridized carbons (Fsp3) is 0.125. The summed E-state index contributed by atoms with van der Waals surface area (Å²) >= 11 is 30.0. The van der Waals surface area contributed by atoms with Crippen molar-refractivity contribution in [2.45, 2.75) is 25.9 Å². The maximum atomic E-state index is 14.0. The number of halogens is 8. The third-order valence-corrected chi connectivity index (χ3v) is 8.69. The molecular formula is C32H20Cl5F3N4O4. The molecule has 8 nitrogen and oxygen atoms in total. The monoisotopic (exact) mass is 756 g/mol. The summed E-state index contributed by atoms with van der Waals surface area (Å²) in [5, 5.41) is 8.90. The largest absolute Gasteiger partial charge is 0.441 e. The van der Waals surface area contributed by atoms with Crippen LogP contribution in [0.2, 0.25) is 25.1 Å². The highest BCUT2D eigenvalue weighted by molar-refractivity contribution is 6.35. The Morgan fingerprint density at radius 1 is 0.562 bits per heavy atom. The average molecular weight is 759 g/mol. The molecule has 2 heterocycles. The van der Waals surface area contributed by atoms with Crippen LogP contribution in [0.5, 0.6) is 0 Å². The zero-order valence-electron chi connectivity index (χ0n) is 24.2. The van der Waals surface area contributed by atoms with Crippen molar-refractivity contribution in [1.82, 2.24) is 19.4 Å². The van der Waals surface area contributed by atoms with Crippen molar-refractivity contribution >= 4 is 58.0 Å². The molecule has 0 saturated carbocycles. The first-order valence-electron chi connectivity index (χ1n) is 13.8. The molecule has 4 aromatic carbocycles. The molecule has 16 heteroatoms. The van der Waals surface area contributed by atoms with Crippen LogP contribution >= 0.6 is 58.0 Å². The predicted octanol–water partition coefficient (Wildman–Crippen LogP) is 8.64. The molecule has 2 aromatic heterocycles. The molecule has 0 radical (unpaired) electrons. The highest BCUT2D eigenvalue weighted by Crippen LogP contribution is 2.25. The fourth-order valence-corrected chi connectivity index (χ4v) is 5.69. The van der Waals surface area contributed by atoms with Gasteiger partial charge in [-0.05, 0) is 54.1 Å². The van der Waals surface area contributed by atoms with Gasteiger partial charge in [-0.1, -0.05) is 92.6 Å². The fourth-order valence-electron chi connectivity index (χ4n) is 4.54. The lowest BCUT2D eigenvalue weighted by molar-refractivity contribution is 0.374. The highest BCUT2D eigenvalue weighted by atomic mass is 35.5. The Kier molecular flexibility index (Phi) is 11.4. The quantitative estimate of drug-likeness (QED) is 0.154. The van der Waals surface area contributed by atoms with Crippen LogP contribution in [0.1, 0.15) is 33.9 Å². The number of nitrogens with zero attached hydrogens (tertiary/aromatic N) is 4. The van der Waals surface area contributed by atoms with E-state index in [9.17, 15) is 22.8 Å². The molecule has 0 bridgehead atoms. The second kappa shape index (κ2) is 15.5. The van der Waals surface area contributed by atoms with Gasteiger partial charge in [-0.15, -0.1) is 0 Å². The molecule has 0 aliphatic rings. The molecule has 248 valence electrons. The van der Waals surface area contributed by atoms with E-state index in [4.69, 9.17) is 62.5 Å². The zero-order chi connectivity index (χ0) is 34.5. The lowest BCUT2D eigenvalue weighted by atomic mass is 10.1. The summed E-state index contributed by atoms with van der Waals surface area (Å²) in [7, 11) is 0. The third-order valence-electron chi connectivity index (χ3n) is 7.04. The van der Waals surface area contributed by atoms with E-state index in [2.05, 4.69) is 14.8 Å². The Hall–Kier alpha value is -4.00. The van der Waals surface area contributed by atoms with Crippen LogP contribution in [-0.4, -0.2) is 19.4 Å². The second-order valence-electron chi connectivity index (χ2n) is 10.1. The summed E-state index contributed by atoms with van der Waals surface area (Å²) in [6.45, 7) is -0.274. The molecule has 0 unspecified atom stereocenters. The van der Waals surface area contributed by atoms with E-state index in [1.54, 1.807) is 24.3 Å². The Balaban J connectivity index is 0.000000188. The van der Waals surface area contributed by atoms with Crippen molar-refractivity contribution in [3.05, 3.63) is 170 Å². The van der Waals surface area contributed by atoms with Crippen molar-refractivity contribution in [3.63, 3.8) is 0 Å². The van der Waals surface area contributed by atoms with Crippen LogP contribution in [0.4, 0.5) is 13.2 Å². The Labute approximate surface area is 294 Å². The Morgan fingerprint density at radius 2 is 1.00 bits per heavy atom. The zero-order valence-corrected chi connectivity index (χ0v) is 28.0. The second-order valence-corrected chi connectivity index (χ2v) is 12.2. The normalized spacial score (nSPS) is 11.0. The molecule has 0 aliphatic carbocycles. The Morgan fingerprint density at radius 3 is 1.44 bits per heavy atom. The average Bonchev–Trinajstić information content (AvgIpc) is 3.56. The van der Waals surface area contributed by atoms with E-state index in [-0.39, 0.29) is 63.5 Å². The molecular weight excluding hydrogens is 739 g/mol. The minimum Gasteiger partial charge on any atom is -0.296 e. The molecule has 0 aliphatic heterocycles. The van der Waals surface area contributed by atoms with Crippen molar-refractivity contribution in [3.8, 4) is 0 Å². The van der Waals surface area contributed by atoms with Crippen LogP contribution < -0.4 is 11.5 Å². The summed E-state index contributed by atoms with van der Waals surface area (Å²) in [5.41, 5.74) is 1.18. The summed E-state index contributed by atoms with van der Waals surface area (Å²) in [6, 6.07) is 17.7. The number of rotatable bonds is 8. The summed E-state index contributed by atoms with van der Waals surface area (Å²) in [6.07, 6.45) is 0.150. The molecule has 6 rings (SSSR count). The smallest absolute Gasteiger partial charge is 0.296 e. The van der Waals surface area contributed by atoms with Gasteiger partial charge in [0.2, 0.25) is 0 Å². The van der Waals surface area contributed by atoms with Crippen LogP contribution in [0, 0.1) is 17.5 Å². The first-order chi connectivity index (χ1) is 22.9. The number of benzene rings is 4. The Bertz CT molecular complexity index is 2160. The lowest BCUT2D eigenvalue weighted by Gasteiger charge is -2.09. The van der Waals surface area contributed by atoms with E-state index >= 15 is 0 Å². The summed E-state index contributed by atoms with van der Waals surface area (Å²) in [5.74, 6) is -2.67. The maximum absolute atomic E-state index is 14.0. The first kappa shape index (κ1) is 35.3. The summed E-state index contributed by atoms with van der Waals surface area (Å²) < 4.78 is 53.4. The topological polar surface area (TPSA) is 96.1 Å². The van der Waals surface area contributed by atoms with Crippen molar-refractivity contribution in [2.24, 2.45) is 0 Å². The lowest BCUT2D eigenvalue weighted by Crippen LogP contribution is -2.19. The van der Waals surface area contributed by atoms with Crippen LogP contribution in [0.25, 0.3) is 0 Å². The van der Waals surface area contributed by atoms with E-state index < -0.39 is 29.0 Å². The van der Waals surface area contributed by atoms with Gasteiger partial charge in [0, 0.05) is 54.6 Å². The van der Waals surface area contributed by atoms with E-state index in [1.165, 1.54) is 53.1 Å². The van der Waals surface area contributed by atoms with Gasteiger partial charge in [0.1, 0.15) is 17.5 Å². The molecule has 0 atom stereocenters. The standard InChI is InChI=1S/C16H10Cl3FN2O2.C16H10Cl2F2N2O2/c17-10-5-4-9(13(19)7-10)6-15-21-24-16(23)22(15)8-11-12(18)2-1-3-14(11)20;17-11-3-1-5-13(19)9(11)7-15-21-24-16(23)22(15)8-10-12(18)4-2-6-14(10)20/h1-5,7H,6,8H2;1-6H,7-8H2. The highest BCUT2D eigenvalue weighted by Gasteiger charge is 2.19. The molecule has 0 amide bonds.